The van der Waals surface area contributed by atoms with E-state index in [0.717, 1.165) is 13.1 Å². The first kappa shape index (κ1) is 11.7. The lowest BCUT2D eigenvalue weighted by Gasteiger charge is -2.07. The van der Waals surface area contributed by atoms with Crippen molar-refractivity contribution in [3.63, 3.8) is 0 Å². The lowest BCUT2D eigenvalue weighted by molar-refractivity contribution is 0.630. The fourth-order valence-electron chi connectivity index (χ4n) is 1.48. The summed E-state index contributed by atoms with van der Waals surface area (Å²) in [6.45, 7) is 8.51. The highest BCUT2D eigenvalue weighted by Gasteiger charge is 2.10. The first-order valence-corrected chi connectivity index (χ1v) is 6.34. The van der Waals surface area contributed by atoms with Crippen LogP contribution in [-0.2, 0) is 6.54 Å². The van der Waals surface area contributed by atoms with Crippen molar-refractivity contribution in [3.05, 3.63) is 16.1 Å². The van der Waals surface area contributed by atoms with Crippen molar-refractivity contribution >= 4 is 11.3 Å². The van der Waals surface area contributed by atoms with Gasteiger partial charge in [-0.1, -0.05) is 20.8 Å². The number of nitrogens with one attached hydrogen (secondary N) is 1. The fraction of sp³-hybridized carbons (Fsp3) is 0.727. The maximum absolute atomic E-state index is 4.65. The zero-order chi connectivity index (χ0) is 10.4. The van der Waals surface area contributed by atoms with E-state index in [1.54, 1.807) is 11.3 Å². The number of thiazole rings is 1. The van der Waals surface area contributed by atoms with Gasteiger partial charge >= 0.3 is 0 Å². The van der Waals surface area contributed by atoms with Gasteiger partial charge < -0.3 is 5.32 Å². The highest BCUT2D eigenvalue weighted by Crippen LogP contribution is 2.25. The Kier molecular flexibility index (Phi) is 5.12. The summed E-state index contributed by atoms with van der Waals surface area (Å²) in [6.07, 6.45) is 2.40. The monoisotopic (exact) mass is 212 g/mol. The van der Waals surface area contributed by atoms with Crippen LogP contribution in [0.15, 0.2) is 5.38 Å². The quantitative estimate of drug-likeness (QED) is 0.783. The summed E-state index contributed by atoms with van der Waals surface area (Å²) < 4.78 is 0. The minimum atomic E-state index is 0.662. The first-order valence-electron chi connectivity index (χ1n) is 5.46. The zero-order valence-corrected chi connectivity index (χ0v) is 10.2. The highest BCUT2D eigenvalue weighted by molar-refractivity contribution is 7.09. The van der Waals surface area contributed by atoms with Crippen LogP contribution in [-0.4, -0.2) is 11.5 Å². The molecular formula is C11H20N2S. The minimum Gasteiger partial charge on any atom is -0.311 e. The van der Waals surface area contributed by atoms with Crippen molar-refractivity contribution in [2.45, 2.75) is 46.1 Å². The van der Waals surface area contributed by atoms with Gasteiger partial charge in [-0.15, -0.1) is 11.3 Å². The summed E-state index contributed by atoms with van der Waals surface area (Å²) in [5, 5.41) is 6.78. The molecular weight excluding hydrogens is 192 g/mol. The number of hydrogen-bond donors (Lipinski definition) is 1. The van der Waals surface area contributed by atoms with Crippen molar-refractivity contribution in [2.24, 2.45) is 0 Å². The SMILES string of the molecule is CCNCc1csc(C(CC)CC)n1. The largest absolute Gasteiger partial charge is 0.311 e. The molecule has 0 atom stereocenters. The second kappa shape index (κ2) is 6.14. The van der Waals surface area contributed by atoms with Gasteiger partial charge in [-0.2, -0.15) is 0 Å². The Labute approximate surface area is 90.8 Å². The average molecular weight is 212 g/mol. The van der Waals surface area contributed by atoms with Gasteiger partial charge in [-0.3, -0.25) is 0 Å². The topological polar surface area (TPSA) is 24.9 Å². The van der Waals surface area contributed by atoms with Crippen LogP contribution in [0.4, 0.5) is 0 Å². The molecule has 0 aliphatic carbocycles. The Morgan fingerprint density at radius 2 is 2.07 bits per heavy atom. The molecule has 0 fully saturated rings. The van der Waals surface area contributed by atoms with Crippen molar-refractivity contribution in [2.75, 3.05) is 6.54 Å². The predicted octanol–water partition coefficient (Wildman–Crippen LogP) is 3.16. The molecule has 1 aromatic heterocycles. The van der Waals surface area contributed by atoms with Gasteiger partial charge in [0, 0.05) is 17.8 Å². The minimum absolute atomic E-state index is 0.662. The van der Waals surface area contributed by atoms with E-state index in [1.165, 1.54) is 23.5 Å². The normalized spacial score (nSPS) is 11.1. The lowest BCUT2D eigenvalue weighted by Crippen LogP contribution is -2.12. The molecule has 0 aromatic carbocycles. The molecule has 0 aliphatic rings. The molecule has 1 heterocycles. The van der Waals surface area contributed by atoms with Gasteiger partial charge in [0.1, 0.15) is 0 Å². The Bertz CT molecular complexity index is 254. The molecule has 0 spiro atoms. The van der Waals surface area contributed by atoms with Crippen LogP contribution in [0.25, 0.3) is 0 Å². The highest BCUT2D eigenvalue weighted by atomic mass is 32.1. The molecule has 0 radical (unpaired) electrons. The third kappa shape index (κ3) is 3.07. The molecule has 14 heavy (non-hydrogen) atoms. The molecule has 1 aromatic rings. The van der Waals surface area contributed by atoms with E-state index in [4.69, 9.17) is 0 Å². The Morgan fingerprint density at radius 1 is 1.36 bits per heavy atom. The van der Waals surface area contributed by atoms with Crippen LogP contribution in [0.3, 0.4) is 0 Å². The lowest BCUT2D eigenvalue weighted by atomic mass is 10.1. The molecule has 3 heteroatoms. The van der Waals surface area contributed by atoms with E-state index in [9.17, 15) is 0 Å². The summed E-state index contributed by atoms with van der Waals surface area (Å²) in [6, 6.07) is 0. The van der Waals surface area contributed by atoms with Crippen LogP contribution in [0.5, 0.6) is 0 Å². The Balaban J connectivity index is 2.57. The van der Waals surface area contributed by atoms with E-state index in [1.807, 2.05) is 0 Å². The predicted molar refractivity (Wildman–Crippen MR) is 62.8 cm³/mol. The van der Waals surface area contributed by atoms with Crippen LogP contribution in [0, 0.1) is 0 Å². The number of aromatic nitrogens is 1. The third-order valence-corrected chi connectivity index (χ3v) is 3.52. The summed E-state index contributed by atoms with van der Waals surface area (Å²) in [4.78, 5) is 4.65. The van der Waals surface area contributed by atoms with Crippen molar-refractivity contribution in [3.8, 4) is 0 Å². The van der Waals surface area contributed by atoms with E-state index >= 15 is 0 Å². The summed E-state index contributed by atoms with van der Waals surface area (Å²) in [7, 11) is 0. The molecule has 80 valence electrons. The third-order valence-electron chi connectivity index (χ3n) is 2.46. The van der Waals surface area contributed by atoms with Crippen molar-refractivity contribution in [1.82, 2.24) is 10.3 Å². The molecule has 1 rings (SSSR count). The van der Waals surface area contributed by atoms with E-state index in [2.05, 4.69) is 36.5 Å². The van der Waals surface area contributed by atoms with Crippen LogP contribution in [0.2, 0.25) is 0 Å². The van der Waals surface area contributed by atoms with Crippen LogP contribution < -0.4 is 5.32 Å². The molecule has 0 aliphatic heterocycles. The molecule has 1 N–H and O–H groups in total. The summed E-state index contributed by atoms with van der Waals surface area (Å²) in [5.41, 5.74) is 1.19. The van der Waals surface area contributed by atoms with Gasteiger partial charge in [0.15, 0.2) is 0 Å². The van der Waals surface area contributed by atoms with Gasteiger partial charge in [-0.25, -0.2) is 4.98 Å². The van der Waals surface area contributed by atoms with Gasteiger partial charge in [-0.05, 0) is 19.4 Å². The molecule has 0 bridgehead atoms. The number of rotatable bonds is 6. The van der Waals surface area contributed by atoms with E-state index in [0.29, 0.717) is 5.92 Å². The molecule has 2 nitrogen and oxygen atoms in total. The molecule has 0 amide bonds. The Morgan fingerprint density at radius 3 is 2.64 bits per heavy atom. The number of nitrogens with zero attached hydrogens (tertiary/aromatic N) is 1. The van der Waals surface area contributed by atoms with Crippen LogP contribution in [0.1, 0.15) is 50.2 Å². The van der Waals surface area contributed by atoms with Crippen LogP contribution >= 0.6 is 11.3 Å². The fourth-order valence-corrected chi connectivity index (χ4v) is 2.57. The second-order valence-corrected chi connectivity index (χ2v) is 4.36. The Hall–Kier alpha value is -0.410. The molecule has 0 saturated carbocycles. The number of hydrogen-bond acceptors (Lipinski definition) is 3. The standard InChI is InChI=1S/C11H20N2S/c1-4-9(5-2)11-13-10(8-14-11)7-12-6-3/h8-9,12H,4-7H2,1-3H3. The molecule has 0 saturated heterocycles. The van der Waals surface area contributed by atoms with E-state index < -0.39 is 0 Å². The maximum Gasteiger partial charge on any atom is 0.0959 e. The van der Waals surface area contributed by atoms with Crippen molar-refractivity contribution in [1.29, 1.82) is 0 Å². The van der Waals surface area contributed by atoms with Gasteiger partial charge in [0.05, 0.1) is 10.7 Å². The average Bonchev–Trinajstić information content (AvgIpc) is 2.65. The second-order valence-electron chi connectivity index (χ2n) is 3.47. The summed E-state index contributed by atoms with van der Waals surface area (Å²) in [5.74, 6) is 0.662. The summed E-state index contributed by atoms with van der Waals surface area (Å²) >= 11 is 1.81. The van der Waals surface area contributed by atoms with Gasteiger partial charge in [0.25, 0.3) is 0 Å². The van der Waals surface area contributed by atoms with E-state index in [-0.39, 0.29) is 0 Å². The molecule has 0 unspecified atom stereocenters. The smallest absolute Gasteiger partial charge is 0.0959 e. The maximum atomic E-state index is 4.65. The first-order chi connectivity index (χ1) is 6.81. The van der Waals surface area contributed by atoms with Crippen molar-refractivity contribution < 1.29 is 0 Å². The van der Waals surface area contributed by atoms with Gasteiger partial charge in [0.2, 0.25) is 0 Å². The zero-order valence-electron chi connectivity index (χ0n) is 9.34.